The third kappa shape index (κ3) is 4.74. The van der Waals surface area contributed by atoms with Gasteiger partial charge >= 0.3 is 0 Å². The summed E-state index contributed by atoms with van der Waals surface area (Å²) in [6, 6.07) is 23.2. The normalized spacial score (nSPS) is 10.5. The van der Waals surface area contributed by atoms with Crippen molar-refractivity contribution in [3.63, 3.8) is 0 Å². The van der Waals surface area contributed by atoms with E-state index in [1.165, 1.54) is 0 Å². The number of nitrogens with zero attached hydrogens (tertiary/aromatic N) is 2. The zero-order valence-corrected chi connectivity index (χ0v) is 15.9. The van der Waals surface area contributed by atoms with Gasteiger partial charge in [0.2, 0.25) is 0 Å². The number of benzene rings is 2. The van der Waals surface area contributed by atoms with Gasteiger partial charge in [0.1, 0.15) is 12.4 Å². The van der Waals surface area contributed by atoms with Crippen LogP contribution in [0.2, 0.25) is 0 Å². The minimum absolute atomic E-state index is 0.00217. The minimum Gasteiger partial charge on any atom is -0.488 e. The number of hydrogen-bond acceptors (Lipinski definition) is 4. The molecule has 0 aliphatic rings. The molecule has 0 saturated carbocycles. The van der Waals surface area contributed by atoms with Crippen LogP contribution in [0.1, 0.15) is 21.5 Å². The highest BCUT2D eigenvalue weighted by molar-refractivity contribution is 6.00. The van der Waals surface area contributed by atoms with Gasteiger partial charge in [-0.05, 0) is 52.6 Å². The molecule has 2 aromatic carbocycles. The van der Waals surface area contributed by atoms with Crippen LogP contribution in [-0.4, -0.2) is 15.8 Å². The summed E-state index contributed by atoms with van der Waals surface area (Å²) in [4.78, 5) is 21.1. The van der Waals surface area contributed by atoms with Gasteiger partial charge in [0.15, 0.2) is 5.78 Å². The summed E-state index contributed by atoms with van der Waals surface area (Å²) in [6.45, 7) is 0.397. The molecule has 0 atom stereocenters. The molecular weight excluding hydrogens is 360 g/mol. The van der Waals surface area contributed by atoms with Gasteiger partial charge in [-0.1, -0.05) is 42.5 Å². The molecule has 0 saturated heterocycles. The van der Waals surface area contributed by atoms with Gasteiger partial charge in [-0.25, -0.2) is 0 Å². The lowest BCUT2D eigenvalue weighted by molar-refractivity contribution is 0.0988. The summed E-state index contributed by atoms with van der Waals surface area (Å²) in [6.07, 6.45) is 7.20. The predicted molar refractivity (Wildman–Crippen MR) is 113 cm³/mol. The molecule has 0 radical (unpaired) electrons. The van der Waals surface area contributed by atoms with E-state index in [4.69, 9.17) is 4.74 Å². The molecule has 0 N–H and O–H groups in total. The van der Waals surface area contributed by atoms with Gasteiger partial charge in [-0.2, -0.15) is 0 Å². The average Bonchev–Trinajstić information content (AvgIpc) is 2.79. The summed E-state index contributed by atoms with van der Waals surface area (Å²) in [5, 5.41) is 0. The molecule has 0 aliphatic heterocycles. The van der Waals surface area contributed by atoms with E-state index < -0.39 is 0 Å². The van der Waals surface area contributed by atoms with Crippen molar-refractivity contribution in [3.8, 4) is 16.9 Å². The van der Waals surface area contributed by atoms with E-state index in [9.17, 15) is 4.79 Å². The van der Waals surface area contributed by atoms with Crippen LogP contribution >= 0.6 is 0 Å². The fourth-order valence-electron chi connectivity index (χ4n) is 3.11. The quantitative estimate of drug-likeness (QED) is 0.416. The van der Waals surface area contributed by atoms with Crippen molar-refractivity contribution in [2.75, 3.05) is 0 Å². The number of rotatable bonds is 7. The lowest BCUT2D eigenvalue weighted by Gasteiger charge is -2.13. The first-order chi connectivity index (χ1) is 14.3. The number of aromatic nitrogens is 2. The molecule has 4 rings (SSSR count). The molecule has 0 unspecified atom stereocenters. The summed E-state index contributed by atoms with van der Waals surface area (Å²) in [5.41, 5.74) is 4.50. The number of carbonyl (C=O) groups excluding carboxylic acids is 1. The standard InChI is InChI=1S/C25H20N2O2/c28-24(15-20-7-4-12-27-17-20)23-9-8-22(21-10-13-26-14-11-21)16-25(23)29-18-19-5-2-1-3-6-19/h1-14,16-17H,15,18H2. The smallest absolute Gasteiger partial charge is 0.171 e. The molecule has 2 heterocycles. The van der Waals surface area contributed by atoms with Crippen LogP contribution in [0.3, 0.4) is 0 Å². The summed E-state index contributed by atoms with van der Waals surface area (Å²) in [5.74, 6) is 0.583. The summed E-state index contributed by atoms with van der Waals surface area (Å²) in [7, 11) is 0. The minimum atomic E-state index is 0.00217. The highest BCUT2D eigenvalue weighted by atomic mass is 16.5. The Morgan fingerprint density at radius 3 is 2.31 bits per heavy atom. The van der Waals surface area contributed by atoms with E-state index in [0.29, 0.717) is 17.9 Å². The zero-order valence-electron chi connectivity index (χ0n) is 15.9. The van der Waals surface area contributed by atoms with Gasteiger partial charge in [-0.3, -0.25) is 14.8 Å². The Hall–Kier alpha value is -3.79. The lowest BCUT2D eigenvalue weighted by Crippen LogP contribution is -2.07. The van der Waals surface area contributed by atoms with E-state index in [1.807, 2.05) is 72.8 Å². The molecule has 142 valence electrons. The van der Waals surface area contributed by atoms with E-state index in [2.05, 4.69) is 9.97 Å². The van der Waals surface area contributed by atoms with Crippen molar-refractivity contribution in [3.05, 3.63) is 114 Å². The molecule has 29 heavy (non-hydrogen) atoms. The van der Waals surface area contributed by atoms with E-state index in [0.717, 1.165) is 22.3 Å². The second kappa shape index (κ2) is 8.93. The highest BCUT2D eigenvalue weighted by Crippen LogP contribution is 2.29. The Balaban J connectivity index is 1.64. The van der Waals surface area contributed by atoms with Crippen LogP contribution in [0.4, 0.5) is 0 Å². The van der Waals surface area contributed by atoms with Gasteiger partial charge < -0.3 is 4.74 Å². The number of carbonyl (C=O) groups is 1. The second-order valence-corrected chi connectivity index (χ2v) is 6.68. The highest BCUT2D eigenvalue weighted by Gasteiger charge is 2.15. The van der Waals surface area contributed by atoms with Crippen LogP contribution in [0.5, 0.6) is 5.75 Å². The predicted octanol–water partition coefficient (Wildman–Crippen LogP) is 5.15. The van der Waals surface area contributed by atoms with Crippen molar-refractivity contribution < 1.29 is 9.53 Å². The number of pyridine rings is 2. The van der Waals surface area contributed by atoms with Crippen LogP contribution in [0.25, 0.3) is 11.1 Å². The molecule has 0 fully saturated rings. The number of ketones is 1. The number of ether oxygens (including phenoxy) is 1. The zero-order chi connectivity index (χ0) is 19.9. The van der Waals surface area contributed by atoms with Crippen LogP contribution in [0.15, 0.2) is 97.6 Å². The largest absolute Gasteiger partial charge is 0.488 e. The Morgan fingerprint density at radius 1 is 0.759 bits per heavy atom. The van der Waals surface area contributed by atoms with Crippen LogP contribution < -0.4 is 4.74 Å². The average molecular weight is 380 g/mol. The van der Waals surface area contributed by atoms with Crippen molar-refractivity contribution in [1.82, 2.24) is 9.97 Å². The molecule has 4 aromatic rings. The van der Waals surface area contributed by atoms with Crippen LogP contribution in [-0.2, 0) is 13.0 Å². The Bertz CT molecular complexity index is 1080. The van der Waals surface area contributed by atoms with E-state index in [-0.39, 0.29) is 12.2 Å². The maximum absolute atomic E-state index is 13.0. The Morgan fingerprint density at radius 2 is 1.55 bits per heavy atom. The monoisotopic (exact) mass is 380 g/mol. The first kappa shape index (κ1) is 18.6. The molecule has 0 spiro atoms. The molecule has 4 heteroatoms. The maximum atomic E-state index is 13.0. The lowest BCUT2D eigenvalue weighted by atomic mass is 9.99. The molecule has 2 aromatic heterocycles. The van der Waals surface area contributed by atoms with Crippen molar-refractivity contribution in [2.45, 2.75) is 13.0 Å². The number of Topliss-reactive ketones (excluding diaryl/α,β-unsaturated/α-hetero) is 1. The number of hydrogen-bond donors (Lipinski definition) is 0. The van der Waals surface area contributed by atoms with Crippen LogP contribution in [0, 0.1) is 0 Å². The molecular formula is C25H20N2O2. The Kier molecular flexibility index (Phi) is 5.72. The third-order valence-corrected chi connectivity index (χ3v) is 4.62. The fraction of sp³-hybridized carbons (Fsp3) is 0.0800. The van der Waals surface area contributed by atoms with Gasteiger partial charge in [0.25, 0.3) is 0 Å². The van der Waals surface area contributed by atoms with Gasteiger partial charge in [-0.15, -0.1) is 0 Å². The third-order valence-electron chi connectivity index (χ3n) is 4.62. The Labute approximate surface area is 169 Å². The maximum Gasteiger partial charge on any atom is 0.171 e. The molecule has 0 aliphatic carbocycles. The summed E-state index contributed by atoms with van der Waals surface area (Å²) >= 11 is 0. The molecule has 4 nitrogen and oxygen atoms in total. The van der Waals surface area contributed by atoms with E-state index >= 15 is 0 Å². The summed E-state index contributed by atoms with van der Waals surface area (Å²) < 4.78 is 6.09. The SMILES string of the molecule is O=C(Cc1cccnc1)c1ccc(-c2ccncc2)cc1OCc1ccccc1. The van der Waals surface area contributed by atoms with E-state index in [1.54, 1.807) is 24.8 Å². The topological polar surface area (TPSA) is 52.1 Å². The van der Waals surface area contributed by atoms with Gasteiger partial charge in [0, 0.05) is 31.2 Å². The first-order valence-electron chi connectivity index (χ1n) is 9.43. The fourth-order valence-corrected chi connectivity index (χ4v) is 3.11. The molecule has 0 amide bonds. The first-order valence-corrected chi connectivity index (χ1v) is 9.43. The van der Waals surface area contributed by atoms with Crippen molar-refractivity contribution >= 4 is 5.78 Å². The van der Waals surface area contributed by atoms with Crippen molar-refractivity contribution in [1.29, 1.82) is 0 Å². The van der Waals surface area contributed by atoms with Gasteiger partial charge in [0.05, 0.1) is 5.56 Å². The van der Waals surface area contributed by atoms with Crippen molar-refractivity contribution in [2.24, 2.45) is 0 Å². The second-order valence-electron chi connectivity index (χ2n) is 6.68. The molecule has 0 bridgehead atoms.